The number of ether oxygens (including phenoxy) is 1. The van der Waals surface area contributed by atoms with Crippen molar-refractivity contribution in [1.82, 2.24) is 0 Å². The lowest BCUT2D eigenvalue weighted by molar-refractivity contribution is 0.103. The quantitative estimate of drug-likeness (QED) is 0.747. The highest BCUT2D eigenvalue weighted by Gasteiger charge is 2.13. The monoisotopic (exact) mass is 225 g/mol. The molecule has 0 aliphatic rings. The van der Waals surface area contributed by atoms with Crippen LogP contribution < -0.4 is 4.74 Å². The smallest absolute Gasteiger partial charge is 0.197 e. The van der Waals surface area contributed by atoms with Gasteiger partial charge in [0, 0.05) is 5.56 Å². The Labute approximate surface area is 101 Å². The van der Waals surface area contributed by atoms with E-state index in [1.807, 2.05) is 31.2 Å². The predicted octanol–water partition coefficient (Wildman–Crippen LogP) is 3.12. The van der Waals surface area contributed by atoms with Crippen molar-refractivity contribution in [3.05, 3.63) is 65.7 Å². The maximum atomic E-state index is 12.2. The third kappa shape index (κ3) is 2.53. The van der Waals surface area contributed by atoms with Gasteiger partial charge >= 0.3 is 0 Å². The van der Waals surface area contributed by atoms with Crippen molar-refractivity contribution in [2.75, 3.05) is 6.61 Å². The van der Waals surface area contributed by atoms with Crippen LogP contribution in [-0.4, -0.2) is 12.4 Å². The lowest BCUT2D eigenvalue weighted by Crippen LogP contribution is -2.05. The summed E-state index contributed by atoms with van der Waals surface area (Å²) >= 11 is 0. The molecule has 85 valence electrons. The van der Waals surface area contributed by atoms with Crippen LogP contribution in [0, 0.1) is 6.07 Å². The molecule has 2 aromatic carbocycles. The molecule has 0 aliphatic heterocycles. The topological polar surface area (TPSA) is 26.3 Å². The van der Waals surface area contributed by atoms with Crippen molar-refractivity contribution >= 4 is 5.78 Å². The van der Waals surface area contributed by atoms with Gasteiger partial charge in [-0.15, -0.1) is 0 Å². The summed E-state index contributed by atoms with van der Waals surface area (Å²) in [7, 11) is 0. The fraction of sp³-hybridized carbons (Fsp3) is 0.133. The fourth-order valence-electron chi connectivity index (χ4n) is 1.61. The summed E-state index contributed by atoms with van der Waals surface area (Å²) < 4.78 is 5.43. The first-order chi connectivity index (χ1) is 8.33. The van der Waals surface area contributed by atoms with E-state index in [1.54, 1.807) is 24.3 Å². The lowest BCUT2D eigenvalue weighted by Gasteiger charge is -2.08. The second kappa shape index (κ2) is 5.30. The third-order valence-corrected chi connectivity index (χ3v) is 2.38. The van der Waals surface area contributed by atoms with Crippen LogP contribution in [0.25, 0.3) is 0 Å². The molecule has 2 aromatic rings. The van der Waals surface area contributed by atoms with Crippen molar-refractivity contribution in [3.8, 4) is 5.75 Å². The van der Waals surface area contributed by atoms with Crippen LogP contribution in [0.4, 0.5) is 0 Å². The molecule has 0 unspecified atom stereocenters. The summed E-state index contributed by atoms with van der Waals surface area (Å²) in [5, 5.41) is 0. The van der Waals surface area contributed by atoms with Crippen LogP contribution >= 0.6 is 0 Å². The minimum absolute atomic E-state index is 0.0605. The Morgan fingerprint density at radius 2 is 1.94 bits per heavy atom. The summed E-state index contributed by atoms with van der Waals surface area (Å²) in [5.74, 6) is 0.526. The molecule has 0 atom stereocenters. The SMILES string of the molecule is CCOc1ccc[c]c1C(=O)c1ccccc1. The highest BCUT2D eigenvalue weighted by molar-refractivity contribution is 6.10. The maximum absolute atomic E-state index is 12.2. The zero-order valence-electron chi connectivity index (χ0n) is 9.64. The Balaban J connectivity index is 2.37. The summed E-state index contributed by atoms with van der Waals surface area (Å²) in [6.07, 6.45) is 0. The average molecular weight is 225 g/mol. The van der Waals surface area contributed by atoms with E-state index >= 15 is 0 Å². The summed E-state index contributed by atoms with van der Waals surface area (Å²) in [5.41, 5.74) is 1.14. The molecule has 0 bridgehead atoms. The van der Waals surface area contributed by atoms with Gasteiger partial charge in [0.2, 0.25) is 0 Å². The maximum Gasteiger partial charge on any atom is 0.197 e. The van der Waals surface area contributed by atoms with Crippen LogP contribution in [0.2, 0.25) is 0 Å². The number of rotatable bonds is 4. The molecular weight excluding hydrogens is 212 g/mol. The molecule has 0 fully saturated rings. The summed E-state index contributed by atoms with van der Waals surface area (Å²) in [4.78, 5) is 12.2. The first-order valence-corrected chi connectivity index (χ1v) is 5.56. The number of carbonyl (C=O) groups excluding carboxylic acids is 1. The number of ketones is 1. The van der Waals surface area contributed by atoms with Crippen molar-refractivity contribution in [3.63, 3.8) is 0 Å². The average Bonchev–Trinajstić information content (AvgIpc) is 2.40. The molecule has 0 aliphatic carbocycles. The van der Waals surface area contributed by atoms with E-state index in [2.05, 4.69) is 6.07 Å². The predicted molar refractivity (Wildman–Crippen MR) is 66.3 cm³/mol. The van der Waals surface area contributed by atoms with E-state index in [4.69, 9.17) is 4.74 Å². The minimum atomic E-state index is -0.0605. The van der Waals surface area contributed by atoms with E-state index in [0.717, 1.165) is 0 Å². The van der Waals surface area contributed by atoms with Crippen LogP contribution in [-0.2, 0) is 0 Å². The molecule has 0 amide bonds. The molecular formula is C15H13O2. The normalized spacial score (nSPS) is 9.94. The zero-order valence-corrected chi connectivity index (χ0v) is 9.64. The highest BCUT2D eigenvalue weighted by Crippen LogP contribution is 2.20. The van der Waals surface area contributed by atoms with Crippen molar-refractivity contribution in [2.45, 2.75) is 6.92 Å². The van der Waals surface area contributed by atoms with E-state index in [-0.39, 0.29) is 5.78 Å². The zero-order chi connectivity index (χ0) is 12.1. The van der Waals surface area contributed by atoms with Gasteiger partial charge in [-0.25, -0.2) is 0 Å². The molecule has 0 aromatic heterocycles. The van der Waals surface area contributed by atoms with E-state index in [1.165, 1.54) is 0 Å². The highest BCUT2D eigenvalue weighted by atomic mass is 16.5. The van der Waals surface area contributed by atoms with E-state index < -0.39 is 0 Å². The second-order valence-corrected chi connectivity index (χ2v) is 3.54. The second-order valence-electron chi connectivity index (χ2n) is 3.54. The Kier molecular flexibility index (Phi) is 3.55. The standard InChI is InChI=1S/C15H13O2/c1-2-17-14-11-7-6-10-13(14)15(16)12-8-4-3-5-9-12/h3-9,11H,2H2,1H3. The first-order valence-electron chi connectivity index (χ1n) is 5.56. The minimum Gasteiger partial charge on any atom is -0.493 e. The van der Waals surface area contributed by atoms with E-state index in [9.17, 15) is 4.79 Å². The first kappa shape index (κ1) is 11.4. The van der Waals surface area contributed by atoms with Gasteiger partial charge < -0.3 is 4.74 Å². The number of hydrogen-bond donors (Lipinski definition) is 0. The van der Waals surface area contributed by atoms with E-state index in [0.29, 0.717) is 23.5 Å². The third-order valence-electron chi connectivity index (χ3n) is 2.38. The number of carbonyl (C=O) groups is 1. The molecule has 0 N–H and O–H groups in total. The lowest BCUT2D eigenvalue weighted by atomic mass is 10.0. The number of hydrogen-bond acceptors (Lipinski definition) is 2. The van der Waals surface area contributed by atoms with Gasteiger partial charge in [0.05, 0.1) is 12.2 Å². The molecule has 0 heterocycles. The Morgan fingerprint density at radius 3 is 2.65 bits per heavy atom. The Morgan fingerprint density at radius 1 is 1.18 bits per heavy atom. The molecule has 17 heavy (non-hydrogen) atoms. The van der Waals surface area contributed by atoms with Gasteiger partial charge in [-0.05, 0) is 19.1 Å². The van der Waals surface area contributed by atoms with Gasteiger partial charge in [0.15, 0.2) is 5.78 Å². The van der Waals surface area contributed by atoms with Crippen LogP contribution in [0.1, 0.15) is 22.8 Å². The van der Waals surface area contributed by atoms with Crippen LogP contribution in [0.15, 0.2) is 48.5 Å². The van der Waals surface area contributed by atoms with Crippen LogP contribution in [0.3, 0.4) is 0 Å². The molecule has 2 rings (SSSR count). The molecule has 0 spiro atoms. The molecule has 2 nitrogen and oxygen atoms in total. The van der Waals surface area contributed by atoms with Gasteiger partial charge in [-0.1, -0.05) is 42.5 Å². The van der Waals surface area contributed by atoms with Gasteiger partial charge in [-0.2, -0.15) is 0 Å². The number of benzene rings is 2. The Bertz CT molecular complexity index is 503. The van der Waals surface area contributed by atoms with Gasteiger partial charge in [0.1, 0.15) is 5.75 Å². The summed E-state index contributed by atoms with van der Waals surface area (Å²) in [6.45, 7) is 2.43. The van der Waals surface area contributed by atoms with Crippen molar-refractivity contribution in [2.24, 2.45) is 0 Å². The van der Waals surface area contributed by atoms with Crippen LogP contribution in [0.5, 0.6) is 5.75 Å². The fourth-order valence-corrected chi connectivity index (χ4v) is 1.61. The molecule has 0 saturated carbocycles. The van der Waals surface area contributed by atoms with Gasteiger partial charge in [0.25, 0.3) is 0 Å². The van der Waals surface area contributed by atoms with Crippen molar-refractivity contribution in [1.29, 1.82) is 0 Å². The largest absolute Gasteiger partial charge is 0.493 e. The Hall–Kier alpha value is -2.09. The van der Waals surface area contributed by atoms with Gasteiger partial charge in [-0.3, -0.25) is 4.79 Å². The molecule has 0 saturated heterocycles. The molecule has 1 radical (unpaired) electrons. The summed E-state index contributed by atoms with van der Waals surface area (Å²) in [6, 6.07) is 17.4. The van der Waals surface area contributed by atoms with Crippen molar-refractivity contribution < 1.29 is 9.53 Å². The molecule has 2 heteroatoms.